The fourth-order valence-corrected chi connectivity index (χ4v) is 6.75. The third-order valence-electron chi connectivity index (χ3n) is 8.84. The van der Waals surface area contributed by atoms with E-state index in [9.17, 15) is 24.5 Å². The van der Waals surface area contributed by atoms with Crippen LogP contribution in [-0.2, 0) is 29.9 Å². The van der Waals surface area contributed by atoms with E-state index in [1.165, 1.54) is 6.07 Å². The van der Waals surface area contributed by atoms with Crippen molar-refractivity contribution in [3.63, 3.8) is 0 Å². The number of rotatable bonds is 2. The zero-order valence-corrected chi connectivity index (χ0v) is 20.2. The molecule has 5 heterocycles. The lowest BCUT2D eigenvalue weighted by Gasteiger charge is -2.44. The molecule has 1 aromatic carbocycles. The van der Waals surface area contributed by atoms with Gasteiger partial charge in [-0.25, -0.2) is 9.37 Å². The smallest absolute Gasteiger partial charge is 0.257 e. The van der Waals surface area contributed by atoms with Gasteiger partial charge in [-0.15, -0.1) is 0 Å². The van der Waals surface area contributed by atoms with E-state index < -0.39 is 11.9 Å². The van der Waals surface area contributed by atoms with Crippen LogP contribution in [0.15, 0.2) is 16.9 Å². The summed E-state index contributed by atoms with van der Waals surface area (Å²) in [6, 6.07) is 3.27. The molecule has 1 unspecified atom stereocenters. The normalized spacial score (nSPS) is 27.1. The summed E-state index contributed by atoms with van der Waals surface area (Å²) in [7, 11) is 0. The molecule has 9 heteroatoms. The molecule has 3 aromatic rings. The molecule has 0 amide bonds. The number of fused-ring (bicyclic) bond motifs is 5. The van der Waals surface area contributed by atoms with Gasteiger partial charge in [0.25, 0.3) is 5.56 Å². The SMILES string of the molecule is CC[C@]1(O)c2cc3n(c(=O)c2COC1O)Cc1c-3nc2cc(F)c(C)c3c2c1[C@@H](N1CC(O)C1)CC3. The van der Waals surface area contributed by atoms with Crippen LogP contribution in [-0.4, -0.2) is 55.3 Å². The number of nitrogens with zero attached hydrogens (tertiary/aromatic N) is 3. The number of halogens is 1. The Kier molecular flexibility index (Phi) is 4.64. The Labute approximate surface area is 206 Å². The maximum absolute atomic E-state index is 15.0. The average molecular weight is 494 g/mol. The standard InChI is InChI=1S/C27H28FN3O5/c1-3-27(35)17-6-21-24-15(10-31(21)25(33)16(17)11-36-26(27)34)23-20(30-8-13(32)9-30)5-4-14-12(2)18(28)7-19(29-24)22(14)23/h6-7,13,20,26,32,34-35H,3-5,8-11H2,1-2H3/t20-,26?,27-/m0/s1. The van der Waals surface area contributed by atoms with Crippen LogP contribution in [0.4, 0.5) is 4.39 Å². The summed E-state index contributed by atoms with van der Waals surface area (Å²) < 4.78 is 22.0. The van der Waals surface area contributed by atoms with Gasteiger partial charge in [-0.05, 0) is 48.9 Å². The molecule has 1 aliphatic carbocycles. The fraction of sp³-hybridized carbons (Fsp3) is 0.481. The number of hydrogen-bond acceptors (Lipinski definition) is 7. The molecule has 0 bridgehead atoms. The third kappa shape index (κ3) is 2.75. The van der Waals surface area contributed by atoms with Gasteiger partial charge < -0.3 is 24.6 Å². The number of aliphatic hydroxyl groups excluding tert-OH is 2. The summed E-state index contributed by atoms with van der Waals surface area (Å²) in [5, 5.41) is 32.6. The van der Waals surface area contributed by atoms with Crippen molar-refractivity contribution in [2.45, 2.75) is 70.3 Å². The lowest BCUT2D eigenvalue weighted by Crippen LogP contribution is -2.52. The first-order valence-electron chi connectivity index (χ1n) is 12.6. The molecule has 1 saturated heterocycles. The van der Waals surface area contributed by atoms with Crippen molar-refractivity contribution in [3.05, 3.63) is 61.7 Å². The van der Waals surface area contributed by atoms with Crippen LogP contribution in [0.5, 0.6) is 0 Å². The Morgan fingerprint density at radius 3 is 2.72 bits per heavy atom. The topological polar surface area (TPSA) is 108 Å². The number of benzene rings is 1. The van der Waals surface area contributed by atoms with Crippen molar-refractivity contribution >= 4 is 10.9 Å². The van der Waals surface area contributed by atoms with Gasteiger partial charge in [-0.3, -0.25) is 9.69 Å². The van der Waals surface area contributed by atoms with Crippen LogP contribution in [0, 0.1) is 12.7 Å². The molecule has 0 radical (unpaired) electrons. The number of pyridine rings is 2. The van der Waals surface area contributed by atoms with Crippen molar-refractivity contribution in [3.8, 4) is 11.4 Å². The second-order valence-corrected chi connectivity index (χ2v) is 10.6. The van der Waals surface area contributed by atoms with Crippen molar-refractivity contribution in [2.24, 2.45) is 0 Å². The number of aromatic nitrogens is 2. The summed E-state index contributed by atoms with van der Waals surface area (Å²) in [5.41, 5.74) is 4.04. The lowest BCUT2D eigenvalue weighted by atomic mass is 9.80. The molecule has 1 fully saturated rings. The second kappa shape index (κ2) is 7.43. The quantitative estimate of drug-likeness (QED) is 0.392. The van der Waals surface area contributed by atoms with E-state index >= 15 is 0 Å². The molecule has 36 heavy (non-hydrogen) atoms. The minimum Gasteiger partial charge on any atom is -0.390 e. The number of likely N-dealkylation sites (tertiary alicyclic amines) is 1. The van der Waals surface area contributed by atoms with Crippen molar-refractivity contribution in [2.75, 3.05) is 13.1 Å². The van der Waals surface area contributed by atoms with E-state index in [1.54, 1.807) is 24.5 Å². The van der Waals surface area contributed by atoms with Gasteiger partial charge in [0.15, 0.2) is 6.29 Å². The summed E-state index contributed by atoms with van der Waals surface area (Å²) in [5.74, 6) is -0.296. The van der Waals surface area contributed by atoms with E-state index in [0.29, 0.717) is 53.2 Å². The third-order valence-corrected chi connectivity index (χ3v) is 8.84. The van der Waals surface area contributed by atoms with Gasteiger partial charge in [0.2, 0.25) is 0 Å². The summed E-state index contributed by atoms with van der Waals surface area (Å²) in [4.78, 5) is 20.8. The highest BCUT2D eigenvalue weighted by Crippen LogP contribution is 2.48. The Balaban J connectivity index is 1.52. The molecule has 0 spiro atoms. The van der Waals surface area contributed by atoms with Crippen LogP contribution in [0.3, 0.4) is 0 Å². The maximum Gasteiger partial charge on any atom is 0.257 e. The molecule has 4 aliphatic rings. The summed E-state index contributed by atoms with van der Waals surface area (Å²) in [6.45, 7) is 4.94. The first kappa shape index (κ1) is 22.5. The number of ether oxygens (including phenoxy) is 1. The van der Waals surface area contributed by atoms with E-state index in [2.05, 4.69) is 4.90 Å². The number of aliphatic hydroxyl groups is 3. The highest BCUT2D eigenvalue weighted by Gasteiger charge is 2.45. The monoisotopic (exact) mass is 493 g/mol. The highest BCUT2D eigenvalue weighted by atomic mass is 19.1. The average Bonchev–Trinajstić information content (AvgIpc) is 3.22. The molecule has 8 nitrogen and oxygen atoms in total. The van der Waals surface area contributed by atoms with Gasteiger partial charge in [0.05, 0.1) is 36.2 Å². The van der Waals surface area contributed by atoms with Crippen molar-refractivity contribution in [1.82, 2.24) is 14.5 Å². The van der Waals surface area contributed by atoms with E-state index in [-0.39, 0.29) is 36.5 Å². The van der Waals surface area contributed by atoms with E-state index in [1.807, 2.05) is 0 Å². The Bertz CT molecular complexity index is 1530. The van der Waals surface area contributed by atoms with Crippen LogP contribution in [0.25, 0.3) is 22.3 Å². The fourth-order valence-electron chi connectivity index (χ4n) is 6.75. The molecule has 2 aromatic heterocycles. The van der Waals surface area contributed by atoms with E-state index in [0.717, 1.165) is 34.9 Å². The largest absolute Gasteiger partial charge is 0.390 e. The Morgan fingerprint density at radius 1 is 1.22 bits per heavy atom. The zero-order valence-electron chi connectivity index (χ0n) is 20.2. The molecule has 3 aliphatic heterocycles. The van der Waals surface area contributed by atoms with Crippen LogP contribution < -0.4 is 5.56 Å². The highest BCUT2D eigenvalue weighted by molar-refractivity contribution is 5.93. The summed E-state index contributed by atoms with van der Waals surface area (Å²) in [6.07, 6.45) is -0.0968. The number of hydrogen-bond donors (Lipinski definition) is 3. The van der Waals surface area contributed by atoms with E-state index in [4.69, 9.17) is 9.72 Å². The summed E-state index contributed by atoms with van der Waals surface area (Å²) >= 11 is 0. The Morgan fingerprint density at radius 2 is 2.00 bits per heavy atom. The number of aryl methyl sites for hydroxylation is 1. The molecule has 0 saturated carbocycles. The van der Waals surface area contributed by atoms with Crippen molar-refractivity contribution in [1.29, 1.82) is 0 Å². The minimum absolute atomic E-state index is 0.0439. The lowest BCUT2D eigenvalue weighted by molar-refractivity contribution is -0.236. The first-order valence-corrected chi connectivity index (χ1v) is 12.6. The molecule has 188 valence electrons. The maximum atomic E-state index is 15.0. The zero-order chi connectivity index (χ0) is 25.1. The first-order chi connectivity index (χ1) is 17.2. The van der Waals surface area contributed by atoms with Crippen molar-refractivity contribution < 1.29 is 24.4 Å². The molecular formula is C27H28FN3O5. The molecule has 3 atom stereocenters. The van der Waals surface area contributed by atoms with Crippen LogP contribution >= 0.6 is 0 Å². The minimum atomic E-state index is -1.71. The van der Waals surface area contributed by atoms with Gasteiger partial charge >= 0.3 is 0 Å². The predicted octanol–water partition coefficient (Wildman–Crippen LogP) is 1.98. The van der Waals surface area contributed by atoms with Gasteiger partial charge in [0, 0.05) is 47.3 Å². The Hall–Kier alpha value is -2.69. The van der Waals surface area contributed by atoms with Crippen LogP contribution in [0.1, 0.15) is 59.2 Å². The number of β-amino-alcohol motifs (C(OH)–C–C–N with tert-alkyl or cyclic N) is 1. The molecular weight excluding hydrogens is 465 g/mol. The molecule has 7 rings (SSSR count). The van der Waals surface area contributed by atoms with Gasteiger partial charge in [-0.1, -0.05) is 6.92 Å². The predicted molar refractivity (Wildman–Crippen MR) is 129 cm³/mol. The molecule has 3 N–H and O–H groups in total. The van der Waals surface area contributed by atoms with Crippen LogP contribution in [0.2, 0.25) is 0 Å². The second-order valence-electron chi connectivity index (χ2n) is 10.6. The van der Waals surface area contributed by atoms with Gasteiger partial charge in [-0.2, -0.15) is 0 Å². The van der Waals surface area contributed by atoms with Gasteiger partial charge in [0.1, 0.15) is 11.4 Å².